The number of nitrogens with two attached hydrogens (primary N) is 1. The van der Waals surface area contributed by atoms with Crippen molar-refractivity contribution in [1.29, 1.82) is 0 Å². The first-order valence-corrected chi connectivity index (χ1v) is 9.44. The molecule has 138 valence electrons. The van der Waals surface area contributed by atoms with Gasteiger partial charge in [-0.3, -0.25) is 4.18 Å². The second kappa shape index (κ2) is 10.7. The molecule has 25 heavy (non-hydrogen) atoms. The van der Waals surface area contributed by atoms with Crippen LogP contribution in [0.15, 0.2) is 48.5 Å². The topological polar surface area (TPSA) is 110 Å². The SMILES string of the molecule is NS(=O)(=O)OCCCc1c(Cl)cccc1Cl.OC(O)c1ccccc1. The third kappa shape index (κ3) is 9.18. The number of halogens is 2. The van der Waals surface area contributed by atoms with Crippen molar-refractivity contribution in [3.05, 3.63) is 69.7 Å². The molecule has 0 saturated heterocycles. The fourth-order valence-electron chi connectivity index (χ4n) is 1.82. The molecule has 4 N–H and O–H groups in total. The molecule has 0 atom stereocenters. The van der Waals surface area contributed by atoms with E-state index in [0.29, 0.717) is 28.5 Å². The van der Waals surface area contributed by atoms with Gasteiger partial charge in [0.1, 0.15) is 0 Å². The van der Waals surface area contributed by atoms with E-state index in [1.165, 1.54) is 0 Å². The smallest absolute Gasteiger partial charge is 0.333 e. The molecule has 0 aliphatic rings. The molecule has 2 rings (SSSR count). The molecular weight excluding hydrogens is 389 g/mol. The summed E-state index contributed by atoms with van der Waals surface area (Å²) >= 11 is 11.9. The summed E-state index contributed by atoms with van der Waals surface area (Å²) in [5, 5.41) is 22.9. The van der Waals surface area contributed by atoms with Gasteiger partial charge < -0.3 is 10.2 Å². The van der Waals surface area contributed by atoms with E-state index in [4.69, 9.17) is 33.4 Å². The average molecular weight is 408 g/mol. The number of aliphatic hydroxyl groups is 2. The molecule has 0 aliphatic carbocycles. The van der Waals surface area contributed by atoms with Gasteiger partial charge in [-0.25, -0.2) is 5.14 Å². The highest BCUT2D eigenvalue weighted by Crippen LogP contribution is 2.25. The van der Waals surface area contributed by atoms with Crippen LogP contribution in [0.25, 0.3) is 0 Å². The van der Waals surface area contributed by atoms with Crippen LogP contribution in [0.3, 0.4) is 0 Å². The summed E-state index contributed by atoms with van der Waals surface area (Å²) in [6.07, 6.45) is -0.334. The molecule has 2 aromatic carbocycles. The predicted octanol–water partition coefficient (Wildman–Crippen LogP) is 2.82. The van der Waals surface area contributed by atoms with E-state index in [9.17, 15) is 8.42 Å². The molecule has 0 bridgehead atoms. The predicted molar refractivity (Wildman–Crippen MR) is 97.5 cm³/mol. The Labute approximate surface area is 157 Å². The normalized spacial score (nSPS) is 11.1. The zero-order valence-corrected chi connectivity index (χ0v) is 15.5. The van der Waals surface area contributed by atoms with Gasteiger partial charge in [-0.05, 0) is 30.5 Å². The highest BCUT2D eigenvalue weighted by Gasteiger charge is 2.06. The maximum Gasteiger partial charge on any atom is 0.333 e. The van der Waals surface area contributed by atoms with Crippen molar-refractivity contribution in [1.82, 2.24) is 0 Å². The Morgan fingerprint density at radius 3 is 2.00 bits per heavy atom. The van der Waals surface area contributed by atoms with Crippen LogP contribution in [0.2, 0.25) is 10.0 Å². The number of hydrogen-bond acceptors (Lipinski definition) is 5. The largest absolute Gasteiger partial charge is 0.364 e. The molecule has 6 nitrogen and oxygen atoms in total. The van der Waals surface area contributed by atoms with Crippen molar-refractivity contribution in [3.63, 3.8) is 0 Å². The molecular formula is C16H19Cl2NO5S. The Morgan fingerprint density at radius 1 is 1.00 bits per heavy atom. The molecule has 0 aliphatic heterocycles. The van der Waals surface area contributed by atoms with Crippen molar-refractivity contribution in [2.24, 2.45) is 5.14 Å². The van der Waals surface area contributed by atoms with E-state index in [-0.39, 0.29) is 6.61 Å². The second-order valence-corrected chi connectivity index (χ2v) is 6.94. The van der Waals surface area contributed by atoms with Crippen LogP contribution in [-0.4, -0.2) is 25.2 Å². The van der Waals surface area contributed by atoms with Gasteiger partial charge in [0, 0.05) is 15.6 Å². The van der Waals surface area contributed by atoms with Crippen molar-refractivity contribution in [2.75, 3.05) is 6.61 Å². The number of benzene rings is 2. The zero-order valence-electron chi connectivity index (χ0n) is 13.2. The molecule has 0 aromatic heterocycles. The lowest BCUT2D eigenvalue weighted by Crippen LogP contribution is -2.16. The minimum atomic E-state index is -3.86. The van der Waals surface area contributed by atoms with Crippen molar-refractivity contribution < 1.29 is 22.8 Å². The molecule has 0 saturated carbocycles. The van der Waals surface area contributed by atoms with E-state index in [0.717, 1.165) is 5.56 Å². The fourth-order valence-corrected chi connectivity index (χ4v) is 2.76. The Balaban J connectivity index is 0.000000293. The van der Waals surface area contributed by atoms with Crippen LogP contribution in [0.4, 0.5) is 0 Å². The Hall–Kier alpha value is -1.19. The summed E-state index contributed by atoms with van der Waals surface area (Å²) in [5.41, 5.74) is 1.31. The first kappa shape index (κ1) is 21.9. The summed E-state index contributed by atoms with van der Waals surface area (Å²) in [5.74, 6) is 0. The minimum absolute atomic E-state index is 0.0143. The molecule has 0 heterocycles. The monoisotopic (exact) mass is 407 g/mol. The summed E-state index contributed by atoms with van der Waals surface area (Å²) in [6.45, 7) is 0.0143. The molecule has 9 heteroatoms. The van der Waals surface area contributed by atoms with Gasteiger partial charge in [0.2, 0.25) is 0 Å². The Morgan fingerprint density at radius 2 is 1.56 bits per heavy atom. The first-order valence-electron chi connectivity index (χ1n) is 7.22. The second-order valence-electron chi connectivity index (χ2n) is 4.90. The third-order valence-corrected chi connectivity index (χ3v) is 4.18. The fraction of sp³-hybridized carbons (Fsp3) is 0.250. The van der Waals surface area contributed by atoms with Crippen molar-refractivity contribution in [3.8, 4) is 0 Å². The molecule has 0 radical (unpaired) electrons. The molecule has 0 amide bonds. The molecule has 0 unspecified atom stereocenters. The van der Waals surface area contributed by atoms with Crippen molar-refractivity contribution in [2.45, 2.75) is 19.1 Å². The van der Waals surface area contributed by atoms with Crippen LogP contribution in [0.1, 0.15) is 23.8 Å². The Bertz CT molecular complexity index is 734. The van der Waals surface area contributed by atoms with Crippen LogP contribution >= 0.6 is 23.2 Å². The van der Waals surface area contributed by atoms with Gasteiger partial charge in [0.25, 0.3) is 0 Å². The van der Waals surface area contributed by atoms with Crippen LogP contribution in [-0.2, 0) is 20.9 Å². The van der Waals surface area contributed by atoms with Crippen LogP contribution in [0.5, 0.6) is 0 Å². The van der Waals surface area contributed by atoms with Gasteiger partial charge in [-0.1, -0.05) is 59.6 Å². The van der Waals surface area contributed by atoms with E-state index in [1.807, 2.05) is 6.07 Å². The maximum atomic E-state index is 10.5. The van der Waals surface area contributed by atoms with E-state index in [1.54, 1.807) is 42.5 Å². The number of aliphatic hydroxyl groups excluding tert-OH is 1. The first-order chi connectivity index (χ1) is 11.7. The van der Waals surface area contributed by atoms with Gasteiger partial charge in [0.05, 0.1) is 6.61 Å². The average Bonchev–Trinajstić information content (AvgIpc) is 2.54. The van der Waals surface area contributed by atoms with Crippen molar-refractivity contribution >= 4 is 33.5 Å². The summed E-state index contributed by atoms with van der Waals surface area (Å²) in [4.78, 5) is 0. The summed E-state index contributed by atoms with van der Waals surface area (Å²) in [6, 6.07) is 13.9. The highest BCUT2D eigenvalue weighted by molar-refractivity contribution is 7.84. The quantitative estimate of drug-likeness (QED) is 0.503. The minimum Gasteiger partial charge on any atom is -0.364 e. The lowest BCUT2D eigenvalue weighted by molar-refractivity contribution is -0.0424. The lowest BCUT2D eigenvalue weighted by Gasteiger charge is -2.06. The van der Waals surface area contributed by atoms with E-state index >= 15 is 0 Å². The Kier molecular flexibility index (Phi) is 9.37. The molecule has 0 fully saturated rings. The van der Waals surface area contributed by atoms with Gasteiger partial charge in [-0.15, -0.1) is 0 Å². The van der Waals surface area contributed by atoms with Gasteiger partial charge >= 0.3 is 10.3 Å². The van der Waals surface area contributed by atoms with Gasteiger partial charge in [0.15, 0.2) is 6.29 Å². The third-order valence-electron chi connectivity index (χ3n) is 2.98. The molecule has 2 aromatic rings. The number of rotatable bonds is 6. The van der Waals surface area contributed by atoms with Crippen LogP contribution in [0, 0.1) is 0 Å². The van der Waals surface area contributed by atoms with E-state index < -0.39 is 16.6 Å². The standard InChI is InChI=1S/C9H11Cl2NO3S.C7H8O2/c10-8-4-1-5-9(11)7(8)3-2-6-15-16(12,13)14;8-7(9)6-4-2-1-3-5-6/h1,4-5H,2-3,6H2,(H2,12,13,14);1-5,7-9H. The van der Waals surface area contributed by atoms with Gasteiger partial charge in [-0.2, -0.15) is 8.42 Å². The number of hydrogen-bond donors (Lipinski definition) is 3. The van der Waals surface area contributed by atoms with Crippen LogP contribution < -0.4 is 5.14 Å². The summed E-state index contributed by atoms with van der Waals surface area (Å²) < 4.78 is 25.4. The lowest BCUT2D eigenvalue weighted by atomic mass is 10.1. The molecule has 0 spiro atoms. The summed E-state index contributed by atoms with van der Waals surface area (Å²) in [7, 11) is -3.86. The zero-order chi connectivity index (χ0) is 18.9. The van der Waals surface area contributed by atoms with E-state index in [2.05, 4.69) is 9.32 Å². The maximum absolute atomic E-state index is 10.5. The highest BCUT2D eigenvalue weighted by atomic mass is 35.5.